The number of hydrogen-bond donors (Lipinski definition) is 0. The molecule has 6 heteroatoms. The SMILES string of the molecule is C=C1C(C=O)=C(C)N(c2ccccc2C)c2nc(N3CCCN(C)CC3)ncc21. The van der Waals surface area contributed by atoms with Gasteiger partial charge in [-0.3, -0.25) is 9.69 Å². The van der Waals surface area contributed by atoms with Crippen LogP contribution in [-0.2, 0) is 4.79 Å². The van der Waals surface area contributed by atoms with E-state index < -0.39 is 0 Å². The van der Waals surface area contributed by atoms with Gasteiger partial charge in [-0.2, -0.15) is 4.98 Å². The third-order valence-electron chi connectivity index (χ3n) is 5.82. The van der Waals surface area contributed by atoms with Crippen LogP contribution in [0.3, 0.4) is 0 Å². The van der Waals surface area contributed by atoms with E-state index in [1.165, 1.54) is 0 Å². The first-order chi connectivity index (χ1) is 14.0. The van der Waals surface area contributed by atoms with Crippen LogP contribution < -0.4 is 9.80 Å². The zero-order valence-corrected chi connectivity index (χ0v) is 17.4. The molecule has 0 amide bonds. The Hall–Kier alpha value is -2.99. The summed E-state index contributed by atoms with van der Waals surface area (Å²) < 4.78 is 0. The number of carbonyl (C=O) groups is 1. The second-order valence-electron chi connectivity index (χ2n) is 7.77. The number of nitrogens with zero attached hydrogens (tertiary/aromatic N) is 5. The van der Waals surface area contributed by atoms with Crippen LogP contribution in [0.4, 0.5) is 17.5 Å². The van der Waals surface area contributed by atoms with Crippen LogP contribution in [0.25, 0.3) is 5.57 Å². The van der Waals surface area contributed by atoms with Crippen molar-refractivity contribution in [1.29, 1.82) is 0 Å². The van der Waals surface area contributed by atoms with Gasteiger partial charge < -0.3 is 9.80 Å². The maximum atomic E-state index is 11.8. The van der Waals surface area contributed by atoms with E-state index in [0.29, 0.717) is 11.1 Å². The number of benzene rings is 1. The van der Waals surface area contributed by atoms with Gasteiger partial charge in [0.2, 0.25) is 5.95 Å². The Balaban J connectivity index is 1.84. The third-order valence-corrected chi connectivity index (χ3v) is 5.82. The van der Waals surface area contributed by atoms with E-state index in [9.17, 15) is 4.79 Å². The molecule has 4 rings (SSSR count). The van der Waals surface area contributed by atoms with Crippen LogP contribution in [0.1, 0.15) is 24.5 Å². The molecular weight excluding hydrogens is 362 g/mol. The second kappa shape index (κ2) is 7.79. The molecule has 0 saturated carbocycles. The van der Waals surface area contributed by atoms with Crippen molar-refractivity contribution in [2.75, 3.05) is 43.0 Å². The van der Waals surface area contributed by atoms with Gasteiger partial charge in [-0.05, 0) is 51.1 Å². The van der Waals surface area contributed by atoms with Crippen molar-refractivity contribution in [3.8, 4) is 0 Å². The fraction of sp³-hybridized carbons (Fsp3) is 0.348. The number of rotatable bonds is 3. The Bertz CT molecular complexity index is 997. The van der Waals surface area contributed by atoms with E-state index in [2.05, 4.69) is 52.4 Å². The van der Waals surface area contributed by atoms with Gasteiger partial charge in [-0.25, -0.2) is 4.98 Å². The van der Waals surface area contributed by atoms with Crippen LogP contribution in [-0.4, -0.2) is 54.4 Å². The van der Waals surface area contributed by atoms with E-state index in [1.54, 1.807) is 0 Å². The highest BCUT2D eigenvalue weighted by atomic mass is 16.1. The molecule has 1 aromatic carbocycles. The number of anilines is 3. The summed E-state index contributed by atoms with van der Waals surface area (Å²) in [6.07, 6.45) is 3.78. The number of aldehydes is 1. The van der Waals surface area contributed by atoms with Gasteiger partial charge in [0, 0.05) is 42.7 Å². The van der Waals surface area contributed by atoms with E-state index in [4.69, 9.17) is 4.98 Å². The average Bonchev–Trinajstić information content (AvgIpc) is 2.94. The molecule has 0 spiro atoms. The van der Waals surface area contributed by atoms with Crippen molar-refractivity contribution in [3.63, 3.8) is 0 Å². The largest absolute Gasteiger partial charge is 0.339 e. The predicted molar refractivity (Wildman–Crippen MR) is 117 cm³/mol. The maximum absolute atomic E-state index is 11.8. The Labute approximate surface area is 172 Å². The van der Waals surface area contributed by atoms with Gasteiger partial charge in [-0.1, -0.05) is 24.8 Å². The summed E-state index contributed by atoms with van der Waals surface area (Å²) in [7, 11) is 2.15. The molecule has 0 unspecified atom stereocenters. The normalized spacial score (nSPS) is 18.0. The molecule has 3 heterocycles. The number of aryl methyl sites for hydroxylation is 1. The molecule has 1 aromatic heterocycles. The Morgan fingerprint density at radius 3 is 2.66 bits per heavy atom. The molecule has 2 aliphatic heterocycles. The Morgan fingerprint density at radius 1 is 1.10 bits per heavy atom. The molecule has 0 N–H and O–H groups in total. The topological polar surface area (TPSA) is 52.6 Å². The summed E-state index contributed by atoms with van der Waals surface area (Å²) in [6, 6.07) is 8.15. The van der Waals surface area contributed by atoms with Crippen molar-refractivity contribution >= 4 is 29.3 Å². The van der Waals surface area contributed by atoms with E-state index in [-0.39, 0.29) is 0 Å². The highest BCUT2D eigenvalue weighted by molar-refractivity contribution is 6.04. The number of carbonyl (C=O) groups excluding carboxylic acids is 1. The minimum absolute atomic E-state index is 0.591. The van der Waals surface area contributed by atoms with Crippen LogP contribution in [0, 0.1) is 6.92 Å². The lowest BCUT2D eigenvalue weighted by Crippen LogP contribution is -2.31. The molecule has 29 heavy (non-hydrogen) atoms. The number of likely N-dealkylation sites (N-methyl/N-ethyl adjacent to an activating group) is 1. The first-order valence-corrected chi connectivity index (χ1v) is 10.0. The number of aromatic nitrogens is 2. The smallest absolute Gasteiger partial charge is 0.227 e. The lowest BCUT2D eigenvalue weighted by atomic mass is 9.95. The molecule has 2 aliphatic rings. The van der Waals surface area contributed by atoms with Gasteiger partial charge in [0.1, 0.15) is 0 Å². The fourth-order valence-corrected chi connectivity index (χ4v) is 4.05. The van der Waals surface area contributed by atoms with Crippen LogP contribution in [0.2, 0.25) is 0 Å². The highest BCUT2D eigenvalue weighted by Gasteiger charge is 2.30. The van der Waals surface area contributed by atoms with E-state index in [0.717, 1.165) is 73.2 Å². The molecule has 6 nitrogen and oxygen atoms in total. The van der Waals surface area contributed by atoms with Crippen molar-refractivity contribution in [2.45, 2.75) is 20.3 Å². The van der Waals surface area contributed by atoms with E-state index in [1.807, 2.05) is 25.3 Å². The molecule has 1 fully saturated rings. The molecular formula is C23H27N5O. The van der Waals surface area contributed by atoms with Crippen LogP contribution in [0.15, 0.2) is 48.3 Å². The molecule has 1 saturated heterocycles. The minimum Gasteiger partial charge on any atom is -0.339 e. The quantitative estimate of drug-likeness (QED) is 0.748. The van der Waals surface area contributed by atoms with Crippen LogP contribution >= 0.6 is 0 Å². The van der Waals surface area contributed by atoms with Crippen LogP contribution in [0.5, 0.6) is 0 Å². The summed E-state index contributed by atoms with van der Waals surface area (Å²) in [4.78, 5) is 28.1. The average molecular weight is 390 g/mol. The first kappa shape index (κ1) is 19.3. The van der Waals surface area contributed by atoms with Gasteiger partial charge in [0.05, 0.1) is 5.69 Å². The van der Waals surface area contributed by atoms with Gasteiger partial charge in [0.15, 0.2) is 12.1 Å². The molecule has 0 atom stereocenters. The van der Waals surface area contributed by atoms with Crippen molar-refractivity contribution in [3.05, 3.63) is 59.4 Å². The fourth-order valence-electron chi connectivity index (χ4n) is 4.05. The molecule has 0 radical (unpaired) electrons. The second-order valence-corrected chi connectivity index (χ2v) is 7.77. The van der Waals surface area contributed by atoms with Crippen molar-refractivity contribution < 1.29 is 4.79 Å². The first-order valence-electron chi connectivity index (χ1n) is 10.0. The third kappa shape index (κ3) is 3.44. The zero-order valence-electron chi connectivity index (χ0n) is 17.4. The Morgan fingerprint density at radius 2 is 1.90 bits per heavy atom. The summed E-state index contributed by atoms with van der Waals surface area (Å²) in [5, 5.41) is 0. The zero-order chi connectivity index (χ0) is 20.5. The Kier molecular flexibility index (Phi) is 5.20. The predicted octanol–water partition coefficient (Wildman–Crippen LogP) is 3.56. The lowest BCUT2D eigenvalue weighted by Gasteiger charge is -2.34. The molecule has 0 aliphatic carbocycles. The monoisotopic (exact) mass is 389 g/mol. The van der Waals surface area contributed by atoms with Crippen molar-refractivity contribution in [1.82, 2.24) is 14.9 Å². The summed E-state index contributed by atoms with van der Waals surface area (Å²) in [5.41, 5.74) is 5.04. The molecule has 2 aromatic rings. The summed E-state index contributed by atoms with van der Waals surface area (Å²) in [5.74, 6) is 1.52. The van der Waals surface area contributed by atoms with E-state index >= 15 is 0 Å². The summed E-state index contributed by atoms with van der Waals surface area (Å²) in [6.45, 7) is 12.1. The highest BCUT2D eigenvalue weighted by Crippen LogP contribution is 2.43. The number of hydrogen-bond acceptors (Lipinski definition) is 6. The van der Waals surface area contributed by atoms with Gasteiger partial charge >= 0.3 is 0 Å². The van der Waals surface area contributed by atoms with Gasteiger partial charge in [-0.15, -0.1) is 0 Å². The number of allylic oxidation sites excluding steroid dienone is 3. The standard InChI is InChI=1S/C23H27N5O/c1-16-8-5-6-9-21(16)28-18(3)20(15-29)17(2)19-14-24-23(25-22(19)28)27-11-7-10-26(4)12-13-27/h5-6,8-9,14-15H,2,7,10-13H2,1,3-4H3. The number of para-hydroxylation sites is 1. The summed E-state index contributed by atoms with van der Waals surface area (Å²) >= 11 is 0. The van der Waals surface area contributed by atoms with Gasteiger partial charge in [0.25, 0.3) is 0 Å². The number of fused-ring (bicyclic) bond motifs is 1. The minimum atomic E-state index is 0.591. The molecule has 150 valence electrons. The lowest BCUT2D eigenvalue weighted by molar-refractivity contribution is -0.104. The maximum Gasteiger partial charge on any atom is 0.227 e. The molecule has 0 bridgehead atoms. The van der Waals surface area contributed by atoms with Crippen molar-refractivity contribution in [2.24, 2.45) is 0 Å².